The van der Waals surface area contributed by atoms with E-state index in [4.69, 9.17) is 9.47 Å². The minimum absolute atomic E-state index is 0.146. The normalized spacial score (nSPS) is 17.3. The minimum Gasteiger partial charge on any atom is -0.355 e. The summed E-state index contributed by atoms with van der Waals surface area (Å²) in [7, 11) is 3.28. The van der Waals surface area contributed by atoms with E-state index in [1.165, 1.54) is 19.3 Å². The first kappa shape index (κ1) is 14.4. The molecule has 0 saturated heterocycles. The predicted molar refractivity (Wildman–Crippen MR) is 71.8 cm³/mol. The van der Waals surface area contributed by atoms with E-state index in [2.05, 4.69) is 27.0 Å². The van der Waals surface area contributed by atoms with Gasteiger partial charge in [-0.15, -0.1) is 10.2 Å². The Kier molecular flexibility index (Phi) is 5.30. The SMILES string of the molecule is COC(CNC(C)c1nnc2n1CCCCC2)OC. The van der Waals surface area contributed by atoms with Gasteiger partial charge in [0.2, 0.25) is 0 Å². The van der Waals surface area contributed by atoms with Crippen molar-refractivity contribution in [2.45, 2.75) is 51.5 Å². The average Bonchev–Trinajstić information content (AvgIpc) is 2.69. The van der Waals surface area contributed by atoms with Crippen LogP contribution in [-0.2, 0) is 22.4 Å². The molecule has 1 unspecified atom stereocenters. The molecule has 0 fully saturated rings. The third kappa shape index (κ3) is 3.52. The first-order valence-corrected chi connectivity index (χ1v) is 6.97. The van der Waals surface area contributed by atoms with Crippen LogP contribution in [0.2, 0.25) is 0 Å². The van der Waals surface area contributed by atoms with Crippen LogP contribution in [0, 0.1) is 0 Å². The molecule has 6 nitrogen and oxygen atoms in total. The lowest BCUT2D eigenvalue weighted by atomic mass is 10.2. The Hall–Kier alpha value is -0.980. The average molecular weight is 268 g/mol. The third-order valence-corrected chi connectivity index (χ3v) is 3.64. The Morgan fingerprint density at radius 2 is 2.00 bits per heavy atom. The lowest BCUT2D eigenvalue weighted by Crippen LogP contribution is -2.32. The molecular weight excluding hydrogens is 244 g/mol. The molecule has 0 radical (unpaired) electrons. The fourth-order valence-electron chi connectivity index (χ4n) is 2.46. The van der Waals surface area contributed by atoms with Crippen molar-refractivity contribution in [1.29, 1.82) is 0 Å². The Morgan fingerprint density at radius 3 is 2.74 bits per heavy atom. The Morgan fingerprint density at radius 1 is 1.21 bits per heavy atom. The van der Waals surface area contributed by atoms with Crippen molar-refractivity contribution in [2.24, 2.45) is 0 Å². The number of methoxy groups -OCH3 is 2. The largest absolute Gasteiger partial charge is 0.355 e. The van der Waals surface area contributed by atoms with Crippen molar-refractivity contribution < 1.29 is 9.47 Å². The summed E-state index contributed by atoms with van der Waals surface area (Å²) in [5.41, 5.74) is 0. The van der Waals surface area contributed by atoms with Gasteiger partial charge in [0.1, 0.15) is 11.6 Å². The van der Waals surface area contributed by atoms with Crippen LogP contribution in [0.3, 0.4) is 0 Å². The lowest BCUT2D eigenvalue weighted by molar-refractivity contribution is -0.0998. The van der Waals surface area contributed by atoms with Crippen LogP contribution in [0.15, 0.2) is 0 Å². The van der Waals surface area contributed by atoms with E-state index >= 15 is 0 Å². The van der Waals surface area contributed by atoms with Crippen molar-refractivity contribution in [2.75, 3.05) is 20.8 Å². The molecule has 1 aromatic heterocycles. The highest BCUT2D eigenvalue weighted by Crippen LogP contribution is 2.18. The molecule has 1 atom stereocenters. The predicted octanol–water partition coefficient (Wildman–Crippen LogP) is 1.27. The Bertz CT molecular complexity index is 390. The monoisotopic (exact) mass is 268 g/mol. The van der Waals surface area contributed by atoms with Gasteiger partial charge in [0, 0.05) is 33.7 Å². The molecule has 2 heterocycles. The van der Waals surface area contributed by atoms with Crippen LogP contribution in [0.1, 0.15) is 43.9 Å². The number of aryl methyl sites for hydroxylation is 1. The number of hydrogen-bond donors (Lipinski definition) is 1. The van der Waals surface area contributed by atoms with Crippen molar-refractivity contribution in [3.8, 4) is 0 Å². The van der Waals surface area contributed by atoms with Gasteiger partial charge in [0.15, 0.2) is 6.29 Å². The van der Waals surface area contributed by atoms with Gasteiger partial charge in [0.25, 0.3) is 0 Å². The molecule has 19 heavy (non-hydrogen) atoms. The molecular formula is C13H24N4O2. The standard InChI is InChI=1S/C13H24N4O2/c1-10(14-9-12(18-2)19-3)13-16-15-11-7-5-4-6-8-17(11)13/h10,12,14H,4-9H2,1-3H3. The van der Waals surface area contributed by atoms with E-state index in [-0.39, 0.29) is 12.3 Å². The van der Waals surface area contributed by atoms with Crippen molar-refractivity contribution in [3.05, 3.63) is 11.6 Å². The number of nitrogens with one attached hydrogen (secondary N) is 1. The summed E-state index contributed by atoms with van der Waals surface area (Å²) >= 11 is 0. The smallest absolute Gasteiger partial charge is 0.169 e. The summed E-state index contributed by atoms with van der Waals surface area (Å²) in [4.78, 5) is 0. The van der Waals surface area contributed by atoms with Gasteiger partial charge in [-0.05, 0) is 19.8 Å². The van der Waals surface area contributed by atoms with Crippen molar-refractivity contribution in [1.82, 2.24) is 20.1 Å². The van der Waals surface area contributed by atoms with Gasteiger partial charge in [0.05, 0.1) is 6.04 Å². The fraction of sp³-hybridized carbons (Fsp3) is 0.846. The second kappa shape index (κ2) is 6.98. The summed E-state index contributed by atoms with van der Waals surface area (Å²) in [5, 5.41) is 12.0. The van der Waals surface area contributed by atoms with Crippen LogP contribution in [0.25, 0.3) is 0 Å². The van der Waals surface area contributed by atoms with Crippen LogP contribution in [-0.4, -0.2) is 41.8 Å². The molecule has 1 aliphatic heterocycles. The molecule has 2 rings (SSSR count). The summed E-state index contributed by atoms with van der Waals surface area (Å²) in [6, 6.07) is 0.146. The van der Waals surface area contributed by atoms with E-state index in [0.29, 0.717) is 6.54 Å². The van der Waals surface area contributed by atoms with E-state index < -0.39 is 0 Å². The topological polar surface area (TPSA) is 61.2 Å². The fourth-order valence-corrected chi connectivity index (χ4v) is 2.46. The number of aromatic nitrogens is 3. The van der Waals surface area contributed by atoms with E-state index in [1.54, 1.807) is 14.2 Å². The molecule has 1 N–H and O–H groups in total. The van der Waals surface area contributed by atoms with Gasteiger partial charge in [-0.1, -0.05) is 6.42 Å². The molecule has 0 aliphatic carbocycles. The van der Waals surface area contributed by atoms with Crippen LogP contribution < -0.4 is 5.32 Å². The molecule has 1 aromatic rings. The van der Waals surface area contributed by atoms with Crippen molar-refractivity contribution in [3.63, 3.8) is 0 Å². The highest BCUT2D eigenvalue weighted by molar-refractivity contribution is 5.01. The zero-order chi connectivity index (χ0) is 13.7. The number of fused-ring (bicyclic) bond motifs is 1. The van der Waals surface area contributed by atoms with Gasteiger partial charge in [-0.25, -0.2) is 0 Å². The number of hydrogen-bond acceptors (Lipinski definition) is 5. The number of ether oxygens (including phenoxy) is 2. The Balaban J connectivity index is 1.99. The van der Waals surface area contributed by atoms with E-state index in [9.17, 15) is 0 Å². The van der Waals surface area contributed by atoms with Gasteiger partial charge in [-0.2, -0.15) is 0 Å². The van der Waals surface area contributed by atoms with Crippen LogP contribution >= 0.6 is 0 Å². The highest BCUT2D eigenvalue weighted by atomic mass is 16.7. The second-order valence-corrected chi connectivity index (χ2v) is 4.97. The maximum absolute atomic E-state index is 5.17. The van der Waals surface area contributed by atoms with Gasteiger partial charge in [-0.3, -0.25) is 0 Å². The van der Waals surface area contributed by atoms with Crippen LogP contribution in [0.5, 0.6) is 0 Å². The molecule has 1 aliphatic rings. The zero-order valence-corrected chi connectivity index (χ0v) is 12.1. The number of nitrogens with zero attached hydrogens (tertiary/aromatic N) is 3. The molecule has 0 aromatic carbocycles. The van der Waals surface area contributed by atoms with E-state index in [1.807, 2.05) is 0 Å². The molecule has 0 saturated carbocycles. The van der Waals surface area contributed by atoms with Gasteiger partial charge >= 0.3 is 0 Å². The van der Waals surface area contributed by atoms with Gasteiger partial charge < -0.3 is 19.4 Å². The summed E-state index contributed by atoms with van der Waals surface area (Å²) in [5.74, 6) is 2.14. The Labute approximate surface area is 114 Å². The van der Waals surface area contributed by atoms with Crippen molar-refractivity contribution >= 4 is 0 Å². The number of rotatable bonds is 6. The lowest BCUT2D eigenvalue weighted by Gasteiger charge is -2.19. The zero-order valence-electron chi connectivity index (χ0n) is 12.1. The summed E-state index contributed by atoms with van der Waals surface area (Å²) in [6.07, 6.45) is 4.52. The summed E-state index contributed by atoms with van der Waals surface area (Å²) in [6.45, 7) is 3.77. The van der Waals surface area contributed by atoms with E-state index in [0.717, 1.165) is 24.6 Å². The first-order chi connectivity index (χ1) is 9.26. The summed E-state index contributed by atoms with van der Waals surface area (Å²) < 4.78 is 12.6. The maximum Gasteiger partial charge on any atom is 0.169 e. The maximum atomic E-state index is 5.17. The third-order valence-electron chi connectivity index (χ3n) is 3.64. The quantitative estimate of drug-likeness (QED) is 0.787. The second-order valence-electron chi connectivity index (χ2n) is 4.97. The molecule has 6 heteroatoms. The molecule has 0 amide bonds. The molecule has 0 spiro atoms. The minimum atomic E-state index is -0.228. The molecule has 0 bridgehead atoms. The molecule has 108 valence electrons. The first-order valence-electron chi connectivity index (χ1n) is 6.97. The highest BCUT2D eigenvalue weighted by Gasteiger charge is 2.19. The van der Waals surface area contributed by atoms with Crippen LogP contribution in [0.4, 0.5) is 0 Å².